The van der Waals surface area contributed by atoms with E-state index in [4.69, 9.17) is 10.2 Å². The van der Waals surface area contributed by atoms with Gasteiger partial charge in [-0.1, -0.05) is 13.0 Å². The van der Waals surface area contributed by atoms with Gasteiger partial charge in [0.2, 0.25) is 5.89 Å². The summed E-state index contributed by atoms with van der Waals surface area (Å²) in [5.74, 6) is 0.102. The summed E-state index contributed by atoms with van der Waals surface area (Å²) in [4.78, 5) is 4.38. The highest BCUT2D eigenvalue weighted by atomic mass is 19.1. The fourth-order valence-corrected chi connectivity index (χ4v) is 2.13. The molecule has 19 heavy (non-hydrogen) atoms. The first-order valence-corrected chi connectivity index (χ1v) is 6.12. The molecule has 0 aliphatic heterocycles. The van der Waals surface area contributed by atoms with E-state index in [-0.39, 0.29) is 5.82 Å². The molecule has 0 aliphatic rings. The van der Waals surface area contributed by atoms with Crippen LogP contribution in [-0.4, -0.2) is 4.98 Å². The average molecular weight is 256 g/mol. The van der Waals surface area contributed by atoms with Gasteiger partial charge in [0, 0.05) is 11.3 Å². The van der Waals surface area contributed by atoms with Gasteiger partial charge in [-0.05, 0) is 42.3 Å². The Hall–Kier alpha value is -2.36. The van der Waals surface area contributed by atoms with E-state index in [1.807, 2.05) is 13.0 Å². The van der Waals surface area contributed by atoms with E-state index in [1.54, 1.807) is 18.2 Å². The van der Waals surface area contributed by atoms with Crippen LogP contribution in [0.2, 0.25) is 0 Å². The third-order valence-electron chi connectivity index (χ3n) is 3.04. The number of halogens is 1. The van der Waals surface area contributed by atoms with Crippen molar-refractivity contribution < 1.29 is 8.81 Å². The second kappa shape index (κ2) is 4.39. The molecule has 96 valence electrons. The average Bonchev–Trinajstić information content (AvgIpc) is 2.81. The Balaban J connectivity index is 2.21. The molecule has 2 N–H and O–H groups in total. The van der Waals surface area contributed by atoms with Crippen LogP contribution in [0.4, 0.5) is 10.1 Å². The summed E-state index contributed by atoms with van der Waals surface area (Å²) < 4.78 is 19.0. The van der Waals surface area contributed by atoms with Crippen LogP contribution in [-0.2, 0) is 6.42 Å². The minimum absolute atomic E-state index is 0.310. The predicted octanol–water partition coefficient (Wildman–Crippen LogP) is 3.78. The van der Waals surface area contributed by atoms with Crippen LogP contribution in [0, 0.1) is 5.82 Å². The lowest BCUT2D eigenvalue weighted by molar-refractivity contribution is 0.608. The standard InChI is InChI=1S/C15H13FN2O/c1-2-9-7-12(17)8-13-14(9)19-15(18-13)10-4-3-5-11(16)6-10/h3-8H,2,17H2,1H3. The van der Waals surface area contributed by atoms with Crippen molar-refractivity contribution in [2.45, 2.75) is 13.3 Å². The van der Waals surface area contributed by atoms with Crippen LogP contribution in [0.5, 0.6) is 0 Å². The fraction of sp³-hybridized carbons (Fsp3) is 0.133. The molecule has 0 spiro atoms. The number of hydrogen-bond acceptors (Lipinski definition) is 3. The minimum atomic E-state index is -0.310. The first-order chi connectivity index (χ1) is 9.17. The normalized spacial score (nSPS) is 11.1. The van der Waals surface area contributed by atoms with E-state index in [2.05, 4.69) is 4.98 Å². The van der Waals surface area contributed by atoms with E-state index in [0.29, 0.717) is 22.7 Å². The Labute approximate surface area is 109 Å². The number of nitrogens with zero attached hydrogens (tertiary/aromatic N) is 1. The highest BCUT2D eigenvalue weighted by Gasteiger charge is 2.12. The van der Waals surface area contributed by atoms with Crippen molar-refractivity contribution in [2.75, 3.05) is 5.73 Å². The van der Waals surface area contributed by atoms with Crippen molar-refractivity contribution >= 4 is 16.8 Å². The number of aromatic nitrogens is 1. The van der Waals surface area contributed by atoms with Crippen LogP contribution in [0.15, 0.2) is 40.8 Å². The van der Waals surface area contributed by atoms with Gasteiger partial charge in [-0.3, -0.25) is 0 Å². The molecule has 1 aromatic heterocycles. The first kappa shape index (κ1) is 11.7. The molecular weight excluding hydrogens is 243 g/mol. The molecule has 2 aromatic carbocycles. The van der Waals surface area contributed by atoms with Crippen LogP contribution < -0.4 is 5.73 Å². The van der Waals surface area contributed by atoms with Crippen molar-refractivity contribution in [3.05, 3.63) is 47.8 Å². The van der Waals surface area contributed by atoms with Crippen molar-refractivity contribution in [1.82, 2.24) is 4.98 Å². The molecule has 0 atom stereocenters. The number of fused-ring (bicyclic) bond motifs is 1. The van der Waals surface area contributed by atoms with Gasteiger partial charge >= 0.3 is 0 Å². The molecule has 3 rings (SSSR count). The third kappa shape index (κ3) is 2.05. The summed E-state index contributed by atoms with van der Waals surface area (Å²) in [6.45, 7) is 2.03. The van der Waals surface area contributed by atoms with Crippen LogP contribution in [0.3, 0.4) is 0 Å². The largest absolute Gasteiger partial charge is 0.436 e. The maximum Gasteiger partial charge on any atom is 0.227 e. The Morgan fingerprint density at radius 2 is 2.11 bits per heavy atom. The molecule has 0 amide bonds. The van der Waals surface area contributed by atoms with Gasteiger partial charge in [0.1, 0.15) is 11.3 Å². The third-order valence-corrected chi connectivity index (χ3v) is 3.04. The van der Waals surface area contributed by atoms with Gasteiger partial charge in [-0.25, -0.2) is 9.37 Å². The maximum atomic E-state index is 13.2. The number of oxazole rings is 1. The number of nitrogen functional groups attached to an aromatic ring is 1. The van der Waals surface area contributed by atoms with Gasteiger partial charge in [-0.2, -0.15) is 0 Å². The number of anilines is 1. The summed E-state index contributed by atoms with van der Waals surface area (Å²) in [6.07, 6.45) is 0.805. The lowest BCUT2D eigenvalue weighted by Crippen LogP contribution is -1.88. The quantitative estimate of drug-likeness (QED) is 0.710. The lowest BCUT2D eigenvalue weighted by atomic mass is 10.1. The van der Waals surface area contributed by atoms with Crippen molar-refractivity contribution in [3.8, 4) is 11.5 Å². The second-order valence-corrected chi connectivity index (χ2v) is 4.41. The van der Waals surface area contributed by atoms with Crippen molar-refractivity contribution in [1.29, 1.82) is 0 Å². The van der Waals surface area contributed by atoms with Crippen LogP contribution in [0.25, 0.3) is 22.6 Å². The summed E-state index contributed by atoms with van der Waals surface area (Å²) in [5, 5.41) is 0. The second-order valence-electron chi connectivity index (χ2n) is 4.41. The molecule has 0 unspecified atom stereocenters. The van der Waals surface area contributed by atoms with Gasteiger partial charge in [0.25, 0.3) is 0 Å². The zero-order chi connectivity index (χ0) is 13.4. The number of nitrogens with two attached hydrogens (primary N) is 1. The van der Waals surface area contributed by atoms with E-state index in [9.17, 15) is 4.39 Å². The van der Waals surface area contributed by atoms with Crippen molar-refractivity contribution in [3.63, 3.8) is 0 Å². The van der Waals surface area contributed by atoms with E-state index >= 15 is 0 Å². The lowest BCUT2D eigenvalue weighted by Gasteiger charge is -1.98. The number of aryl methyl sites for hydroxylation is 1. The van der Waals surface area contributed by atoms with Crippen LogP contribution >= 0.6 is 0 Å². The Morgan fingerprint density at radius 1 is 1.26 bits per heavy atom. The maximum absolute atomic E-state index is 13.2. The Bertz CT molecular complexity index is 749. The number of hydrogen-bond donors (Lipinski definition) is 1. The molecule has 0 aliphatic carbocycles. The Kier molecular flexibility index (Phi) is 2.71. The van der Waals surface area contributed by atoms with Crippen molar-refractivity contribution in [2.24, 2.45) is 0 Å². The molecule has 4 heteroatoms. The number of rotatable bonds is 2. The molecule has 0 radical (unpaired) electrons. The molecule has 0 saturated carbocycles. The number of benzene rings is 2. The van der Waals surface area contributed by atoms with Gasteiger partial charge in [0.05, 0.1) is 0 Å². The highest BCUT2D eigenvalue weighted by molar-refractivity contribution is 5.82. The molecule has 3 nitrogen and oxygen atoms in total. The van der Waals surface area contributed by atoms with Gasteiger partial charge < -0.3 is 10.2 Å². The molecule has 1 heterocycles. The fourth-order valence-electron chi connectivity index (χ4n) is 2.13. The van der Waals surface area contributed by atoms with E-state index in [0.717, 1.165) is 17.6 Å². The van der Waals surface area contributed by atoms with E-state index < -0.39 is 0 Å². The molecule has 0 saturated heterocycles. The predicted molar refractivity (Wildman–Crippen MR) is 73.2 cm³/mol. The SMILES string of the molecule is CCc1cc(N)cc2nc(-c3cccc(F)c3)oc12. The summed E-state index contributed by atoms with van der Waals surface area (Å²) >= 11 is 0. The molecule has 0 bridgehead atoms. The van der Waals surface area contributed by atoms with E-state index in [1.165, 1.54) is 12.1 Å². The zero-order valence-corrected chi connectivity index (χ0v) is 10.5. The highest BCUT2D eigenvalue weighted by Crippen LogP contribution is 2.29. The summed E-state index contributed by atoms with van der Waals surface area (Å²) in [5.41, 5.74) is 9.54. The van der Waals surface area contributed by atoms with Gasteiger partial charge in [-0.15, -0.1) is 0 Å². The molecule has 0 fully saturated rings. The topological polar surface area (TPSA) is 52.0 Å². The monoisotopic (exact) mass is 256 g/mol. The van der Waals surface area contributed by atoms with Gasteiger partial charge in [0.15, 0.2) is 5.58 Å². The zero-order valence-electron chi connectivity index (χ0n) is 10.5. The summed E-state index contributed by atoms with van der Waals surface area (Å²) in [6, 6.07) is 9.84. The minimum Gasteiger partial charge on any atom is -0.436 e. The van der Waals surface area contributed by atoms with Crippen LogP contribution in [0.1, 0.15) is 12.5 Å². The molecular formula is C15H13FN2O. The molecule has 3 aromatic rings. The first-order valence-electron chi connectivity index (χ1n) is 6.12. The smallest absolute Gasteiger partial charge is 0.227 e. The summed E-state index contributed by atoms with van der Waals surface area (Å²) in [7, 11) is 0. The Morgan fingerprint density at radius 3 is 2.84 bits per heavy atom.